The number of ether oxygens (including phenoxy) is 1. The maximum Gasteiger partial charge on any atom is 0.255 e. The second kappa shape index (κ2) is 8.41. The van der Waals surface area contributed by atoms with Crippen LogP contribution in [0.3, 0.4) is 0 Å². The van der Waals surface area contributed by atoms with E-state index in [0.29, 0.717) is 17.9 Å². The first-order valence-electron chi connectivity index (χ1n) is 9.99. The van der Waals surface area contributed by atoms with Crippen molar-refractivity contribution < 1.29 is 13.9 Å². The molecule has 1 amide bonds. The fourth-order valence-electron chi connectivity index (χ4n) is 3.20. The maximum absolute atomic E-state index is 12.5. The Bertz CT molecular complexity index is 1160. The van der Waals surface area contributed by atoms with Gasteiger partial charge in [-0.05, 0) is 80.4 Å². The Kier molecular flexibility index (Phi) is 5.53. The van der Waals surface area contributed by atoms with Gasteiger partial charge in [0, 0.05) is 17.7 Å². The summed E-state index contributed by atoms with van der Waals surface area (Å²) in [6.07, 6.45) is 0.696. The highest BCUT2D eigenvalue weighted by Crippen LogP contribution is 2.20. The van der Waals surface area contributed by atoms with Gasteiger partial charge in [0.25, 0.3) is 5.91 Å². The molecule has 0 atom stereocenters. The second-order valence-electron chi connectivity index (χ2n) is 7.60. The Balaban J connectivity index is 1.39. The predicted octanol–water partition coefficient (Wildman–Crippen LogP) is 5.77. The summed E-state index contributed by atoms with van der Waals surface area (Å²) in [6.45, 7) is 5.97. The molecule has 0 spiro atoms. The lowest BCUT2D eigenvalue weighted by molar-refractivity contribution is 0.102. The van der Waals surface area contributed by atoms with Gasteiger partial charge >= 0.3 is 0 Å². The van der Waals surface area contributed by atoms with Crippen molar-refractivity contribution in [1.82, 2.24) is 4.98 Å². The lowest BCUT2D eigenvalue weighted by Gasteiger charge is -2.10. The summed E-state index contributed by atoms with van der Waals surface area (Å²) < 4.78 is 11.4. The van der Waals surface area contributed by atoms with Gasteiger partial charge in [-0.3, -0.25) is 4.79 Å². The van der Waals surface area contributed by atoms with Gasteiger partial charge in [0.2, 0.25) is 0 Å². The number of anilines is 1. The van der Waals surface area contributed by atoms with Crippen LogP contribution >= 0.6 is 0 Å². The molecule has 0 aliphatic carbocycles. The predicted molar refractivity (Wildman–Crippen MR) is 118 cm³/mol. The number of fused-ring (bicyclic) bond motifs is 1. The Hall–Kier alpha value is -3.60. The molecule has 152 valence electrons. The van der Waals surface area contributed by atoms with E-state index in [1.165, 1.54) is 0 Å². The molecule has 1 aromatic heterocycles. The van der Waals surface area contributed by atoms with Crippen molar-refractivity contribution in [3.63, 3.8) is 0 Å². The summed E-state index contributed by atoms with van der Waals surface area (Å²) >= 11 is 0. The third-order valence-electron chi connectivity index (χ3n) is 4.64. The molecule has 0 radical (unpaired) electrons. The van der Waals surface area contributed by atoms with Gasteiger partial charge in [0.15, 0.2) is 11.5 Å². The molecule has 5 heteroatoms. The molecule has 1 N–H and O–H groups in total. The Morgan fingerprint density at radius 3 is 2.47 bits per heavy atom. The fourth-order valence-corrected chi connectivity index (χ4v) is 3.20. The van der Waals surface area contributed by atoms with Crippen molar-refractivity contribution in [2.24, 2.45) is 0 Å². The van der Waals surface area contributed by atoms with E-state index in [0.717, 1.165) is 33.7 Å². The zero-order valence-electron chi connectivity index (χ0n) is 17.3. The summed E-state index contributed by atoms with van der Waals surface area (Å²) in [6, 6.07) is 20.8. The zero-order chi connectivity index (χ0) is 21.1. The number of aryl methyl sites for hydroxylation is 1. The summed E-state index contributed by atoms with van der Waals surface area (Å²) in [5.41, 5.74) is 5.20. The van der Waals surface area contributed by atoms with E-state index < -0.39 is 0 Å². The van der Waals surface area contributed by atoms with Crippen LogP contribution in [0.5, 0.6) is 5.75 Å². The minimum atomic E-state index is -0.159. The van der Waals surface area contributed by atoms with Gasteiger partial charge in [-0.25, -0.2) is 4.98 Å². The Labute approximate surface area is 175 Å². The molecule has 4 rings (SSSR count). The van der Waals surface area contributed by atoms with Gasteiger partial charge in [0.05, 0.1) is 6.10 Å². The number of carbonyl (C=O) groups is 1. The van der Waals surface area contributed by atoms with Crippen LogP contribution in [0, 0.1) is 6.92 Å². The third-order valence-corrected chi connectivity index (χ3v) is 4.64. The maximum atomic E-state index is 12.5. The molecular weight excluding hydrogens is 376 g/mol. The van der Waals surface area contributed by atoms with E-state index in [2.05, 4.69) is 10.3 Å². The Morgan fingerprint density at radius 2 is 1.77 bits per heavy atom. The van der Waals surface area contributed by atoms with Gasteiger partial charge < -0.3 is 14.5 Å². The van der Waals surface area contributed by atoms with Crippen LogP contribution in [0.4, 0.5) is 5.69 Å². The van der Waals surface area contributed by atoms with Crippen LogP contribution in [-0.4, -0.2) is 17.0 Å². The molecule has 5 nitrogen and oxygen atoms in total. The number of oxazole rings is 1. The molecule has 0 bridgehead atoms. The monoisotopic (exact) mass is 400 g/mol. The van der Waals surface area contributed by atoms with E-state index in [-0.39, 0.29) is 12.0 Å². The highest BCUT2D eigenvalue weighted by atomic mass is 16.5. The largest absolute Gasteiger partial charge is 0.491 e. The average Bonchev–Trinajstić information content (AvgIpc) is 3.11. The standard InChI is InChI=1S/C25H24N2O3/c1-16(2)29-21-11-7-19(8-12-21)25(28)26-20-9-5-18(6-10-20)15-24-27-22-14-17(3)4-13-23(22)30-24/h4-14,16H,15H2,1-3H3,(H,26,28). The minimum Gasteiger partial charge on any atom is -0.491 e. The van der Waals surface area contributed by atoms with E-state index in [4.69, 9.17) is 9.15 Å². The highest BCUT2D eigenvalue weighted by Gasteiger charge is 2.09. The number of aromatic nitrogens is 1. The third kappa shape index (κ3) is 4.69. The molecule has 0 aliphatic rings. The van der Waals surface area contributed by atoms with Crippen molar-refractivity contribution in [3.05, 3.63) is 89.3 Å². The van der Waals surface area contributed by atoms with Gasteiger partial charge in [0.1, 0.15) is 11.3 Å². The molecule has 0 saturated carbocycles. The number of benzene rings is 3. The lowest BCUT2D eigenvalue weighted by Crippen LogP contribution is -2.12. The molecule has 1 heterocycles. The molecule has 0 fully saturated rings. The van der Waals surface area contributed by atoms with E-state index in [1.54, 1.807) is 24.3 Å². The summed E-state index contributed by atoms with van der Waals surface area (Å²) in [7, 11) is 0. The van der Waals surface area contributed by atoms with E-state index >= 15 is 0 Å². The first-order chi connectivity index (χ1) is 14.5. The highest BCUT2D eigenvalue weighted by molar-refractivity contribution is 6.04. The van der Waals surface area contributed by atoms with Crippen molar-refractivity contribution in [3.8, 4) is 5.75 Å². The number of carbonyl (C=O) groups excluding carboxylic acids is 1. The summed E-state index contributed by atoms with van der Waals surface area (Å²) in [4.78, 5) is 17.0. The van der Waals surface area contributed by atoms with Crippen LogP contribution in [-0.2, 0) is 6.42 Å². The van der Waals surface area contributed by atoms with Gasteiger partial charge in [-0.15, -0.1) is 0 Å². The van der Waals surface area contributed by atoms with E-state index in [9.17, 15) is 4.79 Å². The fraction of sp³-hybridized carbons (Fsp3) is 0.200. The smallest absolute Gasteiger partial charge is 0.255 e. The van der Waals surface area contributed by atoms with E-state index in [1.807, 2.05) is 63.2 Å². The zero-order valence-corrected chi connectivity index (χ0v) is 17.3. The van der Waals surface area contributed by atoms with Crippen molar-refractivity contribution in [1.29, 1.82) is 0 Å². The minimum absolute atomic E-state index is 0.0991. The van der Waals surface area contributed by atoms with Crippen molar-refractivity contribution in [2.75, 3.05) is 5.32 Å². The first kappa shape index (κ1) is 19.7. The lowest BCUT2D eigenvalue weighted by atomic mass is 10.1. The van der Waals surface area contributed by atoms with Crippen molar-refractivity contribution >= 4 is 22.7 Å². The number of nitrogens with zero attached hydrogens (tertiary/aromatic N) is 1. The molecule has 30 heavy (non-hydrogen) atoms. The Morgan fingerprint density at radius 1 is 1.03 bits per heavy atom. The molecular formula is C25H24N2O3. The van der Waals surface area contributed by atoms with Gasteiger partial charge in [-0.1, -0.05) is 18.2 Å². The van der Waals surface area contributed by atoms with Crippen LogP contribution < -0.4 is 10.1 Å². The van der Waals surface area contributed by atoms with Crippen LogP contribution in [0.15, 0.2) is 71.1 Å². The molecule has 0 saturated heterocycles. The normalized spacial score (nSPS) is 11.1. The second-order valence-corrected chi connectivity index (χ2v) is 7.60. The van der Waals surface area contributed by atoms with Gasteiger partial charge in [-0.2, -0.15) is 0 Å². The number of hydrogen-bond donors (Lipinski definition) is 1. The number of rotatable bonds is 6. The molecule has 0 aliphatic heterocycles. The molecule has 3 aromatic carbocycles. The SMILES string of the molecule is Cc1ccc2oc(Cc3ccc(NC(=O)c4ccc(OC(C)C)cc4)cc3)nc2c1. The number of nitrogens with one attached hydrogen (secondary N) is 1. The summed E-state index contributed by atoms with van der Waals surface area (Å²) in [5, 5.41) is 2.92. The van der Waals surface area contributed by atoms with Crippen LogP contribution in [0.1, 0.15) is 41.2 Å². The topological polar surface area (TPSA) is 64.4 Å². The first-order valence-corrected chi connectivity index (χ1v) is 9.99. The van der Waals surface area contributed by atoms with Crippen LogP contribution in [0.2, 0.25) is 0 Å². The van der Waals surface area contributed by atoms with Crippen LogP contribution in [0.25, 0.3) is 11.1 Å². The van der Waals surface area contributed by atoms with Crippen molar-refractivity contribution in [2.45, 2.75) is 33.3 Å². The molecule has 4 aromatic rings. The average molecular weight is 400 g/mol. The summed E-state index contributed by atoms with van der Waals surface area (Å²) in [5.74, 6) is 1.27. The quantitative estimate of drug-likeness (QED) is 0.446. The molecule has 0 unspecified atom stereocenters. The number of amides is 1. The number of hydrogen-bond acceptors (Lipinski definition) is 4.